The first-order valence-electron chi connectivity index (χ1n) is 15.4. The molecule has 226 valence electrons. The maximum atomic E-state index is 14.5. The van der Waals surface area contributed by atoms with Crippen LogP contribution in [-0.4, -0.2) is 69.2 Å². The van der Waals surface area contributed by atoms with Crippen molar-refractivity contribution in [3.63, 3.8) is 0 Å². The lowest BCUT2D eigenvalue weighted by atomic mass is 9.66. The van der Waals surface area contributed by atoms with Crippen LogP contribution in [0.5, 0.6) is 5.75 Å². The highest BCUT2D eigenvalue weighted by atomic mass is 35.5. The van der Waals surface area contributed by atoms with E-state index in [0.717, 1.165) is 54.6 Å². The Balaban J connectivity index is 1.36. The summed E-state index contributed by atoms with van der Waals surface area (Å²) in [6.07, 6.45) is 7.31. The zero-order valence-electron chi connectivity index (χ0n) is 24.8. The summed E-state index contributed by atoms with van der Waals surface area (Å²) in [7, 11) is 3.55. The number of carbonyl (C=O) groups excluding carboxylic acids is 3. The summed E-state index contributed by atoms with van der Waals surface area (Å²) in [6, 6.07) is 3.29. The maximum Gasteiger partial charge on any atom is 0.227 e. The summed E-state index contributed by atoms with van der Waals surface area (Å²) in [5.41, 5.74) is 2.96. The molecule has 1 aromatic heterocycles. The van der Waals surface area contributed by atoms with Gasteiger partial charge in [0, 0.05) is 56.7 Å². The van der Waals surface area contributed by atoms with E-state index in [4.69, 9.17) is 16.3 Å². The molecule has 1 saturated heterocycles. The molecule has 2 aliphatic carbocycles. The Hall–Kier alpha value is -3.14. The molecule has 42 heavy (non-hydrogen) atoms. The number of halogens is 1. The van der Waals surface area contributed by atoms with Gasteiger partial charge in [0.1, 0.15) is 18.1 Å². The van der Waals surface area contributed by atoms with E-state index < -0.39 is 17.4 Å². The van der Waals surface area contributed by atoms with Gasteiger partial charge in [-0.3, -0.25) is 19.1 Å². The van der Waals surface area contributed by atoms with E-state index in [1.54, 1.807) is 7.05 Å². The summed E-state index contributed by atoms with van der Waals surface area (Å²) in [5.74, 6) is 0.656. The van der Waals surface area contributed by atoms with Gasteiger partial charge >= 0.3 is 0 Å². The van der Waals surface area contributed by atoms with Crippen LogP contribution in [0.15, 0.2) is 12.1 Å². The molecule has 2 saturated carbocycles. The summed E-state index contributed by atoms with van der Waals surface area (Å²) < 4.78 is 8.33. The summed E-state index contributed by atoms with van der Waals surface area (Å²) >= 11 is 6.78. The average molecular weight is 597 g/mol. The number of fused-ring (bicyclic) bond motifs is 1. The molecule has 4 aliphatic rings. The quantitative estimate of drug-likeness (QED) is 0.495. The molecule has 3 amide bonds. The highest BCUT2D eigenvalue weighted by Crippen LogP contribution is 2.47. The van der Waals surface area contributed by atoms with Gasteiger partial charge < -0.3 is 19.9 Å². The monoisotopic (exact) mass is 596 g/mol. The predicted molar refractivity (Wildman–Crippen MR) is 157 cm³/mol. The second-order valence-corrected chi connectivity index (χ2v) is 13.0. The minimum absolute atomic E-state index is 0.0287. The molecule has 0 radical (unpaired) electrons. The van der Waals surface area contributed by atoms with Crippen molar-refractivity contribution < 1.29 is 19.1 Å². The van der Waals surface area contributed by atoms with Crippen LogP contribution in [0, 0.1) is 11.3 Å². The van der Waals surface area contributed by atoms with Crippen molar-refractivity contribution in [1.29, 1.82) is 0 Å². The summed E-state index contributed by atoms with van der Waals surface area (Å²) in [6.45, 7) is 3.68. The van der Waals surface area contributed by atoms with Gasteiger partial charge in [0.15, 0.2) is 0 Å². The Morgan fingerprint density at radius 2 is 1.95 bits per heavy atom. The summed E-state index contributed by atoms with van der Waals surface area (Å²) in [4.78, 5) is 44.2. The number of amides is 3. The number of benzene rings is 1. The number of rotatable bonds is 8. The molecule has 10 nitrogen and oxygen atoms in total. The van der Waals surface area contributed by atoms with Crippen molar-refractivity contribution in [1.82, 2.24) is 30.1 Å². The van der Waals surface area contributed by atoms with E-state index >= 15 is 0 Å². The number of nitrogens with one attached hydrogen (secondary N) is 1. The van der Waals surface area contributed by atoms with Crippen molar-refractivity contribution in [2.24, 2.45) is 18.4 Å². The molecular weight excluding hydrogens is 556 g/mol. The molecule has 3 fully saturated rings. The normalized spacial score (nSPS) is 25.9. The third kappa shape index (κ3) is 5.16. The van der Waals surface area contributed by atoms with Crippen molar-refractivity contribution >= 4 is 29.3 Å². The maximum absolute atomic E-state index is 14.5. The molecule has 6 rings (SSSR count). The lowest BCUT2D eigenvalue weighted by Gasteiger charge is -2.46. The highest BCUT2D eigenvalue weighted by molar-refractivity contribution is 6.31. The number of ether oxygens (including phenoxy) is 1. The molecule has 11 heteroatoms. The Bertz CT molecular complexity index is 1390. The number of hydrogen-bond donors (Lipinski definition) is 1. The van der Waals surface area contributed by atoms with Crippen molar-refractivity contribution in [3.8, 4) is 5.75 Å². The van der Waals surface area contributed by atoms with Gasteiger partial charge in [-0.15, -0.1) is 5.10 Å². The Morgan fingerprint density at radius 3 is 2.67 bits per heavy atom. The van der Waals surface area contributed by atoms with Crippen LogP contribution in [0.1, 0.15) is 92.8 Å². The predicted octanol–water partition coefficient (Wildman–Crippen LogP) is 3.92. The molecule has 1 N–H and O–H groups in total. The smallest absolute Gasteiger partial charge is 0.227 e. The first-order chi connectivity index (χ1) is 20.2. The first kappa shape index (κ1) is 29.0. The number of carbonyl (C=O) groups is 3. The number of aryl methyl sites for hydroxylation is 1. The second-order valence-electron chi connectivity index (χ2n) is 12.6. The van der Waals surface area contributed by atoms with Crippen LogP contribution in [0.2, 0.25) is 5.02 Å². The van der Waals surface area contributed by atoms with Crippen LogP contribution in [-0.2, 0) is 34.5 Å². The van der Waals surface area contributed by atoms with E-state index in [0.29, 0.717) is 62.0 Å². The standard InChI is InChI=1S/C31H41ClN6O4/c1-31(30(41)33-2)14-5-4-7-21(31)29(40)38-16-13-20-22(32)11-12-25(27(20)24(38)17-37-15-6-8-26(37)39)42-18-23-28(19-9-10-19)36(3)35-34-23/h11-12,19,21,24H,4-10,13-18H2,1-3H3,(H,33,41)/t21-,24?,31-/m0/s1. The Morgan fingerprint density at radius 1 is 1.14 bits per heavy atom. The van der Waals surface area contributed by atoms with Gasteiger partial charge in [0.2, 0.25) is 17.7 Å². The second kappa shape index (κ2) is 11.5. The first-order valence-corrected chi connectivity index (χ1v) is 15.7. The van der Waals surface area contributed by atoms with Crippen molar-refractivity contribution in [3.05, 3.63) is 39.7 Å². The van der Waals surface area contributed by atoms with Gasteiger partial charge in [-0.05, 0) is 63.1 Å². The van der Waals surface area contributed by atoms with E-state index in [2.05, 4.69) is 15.6 Å². The zero-order valence-corrected chi connectivity index (χ0v) is 25.6. The summed E-state index contributed by atoms with van der Waals surface area (Å²) in [5, 5.41) is 12.1. The van der Waals surface area contributed by atoms with Gasteiger partial charge in [-0.25, -0.2) is 0 Å². The molecule has 1 aromatic carbocycles. The van der Waals surface area contributed by atoms with Crippen LogP contribution in [0.25, 0.3) is 0 Å². The third-order valence-electron chi connectivity index (χ3n) is 9.94. The average Bonchev–Trinajstić information content (AvgIpc) is 3.64. The van der Waals surface area contributed by atoms with Crippen LogP contribution < -0.4 is 10.1 Å². The number of aromatic nitrogens is 3. The number of nitrogens with zero attached hydrogens (tertiary/aromatic N) is 5. The molecule has 1 unspecified atom stereocenters. The van der Waals surface area contributed by atoms with E-state index in [1.165, 1.54) is 0 Å². The lowest BCUT2D eigenvalue weighted by Crippen LogP contribution is -2.54. The lowest BCUT2D eigenvalue weighted by molar-refractivity contribution is -0.153. The molecule has 3 heterocycles. The van der Waals surface area contributed by atoms with Crippen LogP contribution in [0.3, 0.4) is 0 Å². The molecule has 0 spiro atoms. The number of likely N-dealkylation sites (tertiary alicyclic amines) is 1. The van der Waals surface area contributed by atoms with Crippen LogP contribution >= 0.6 is 11.6 Å². The fraction of sp³-hybridized carbons (Fsp3) is 0.645. The van der Waals surface area contributed by atoms with Gasteiger partial charge in [0.25, 0.3) is 0 Å². The zero-order chi connectivity index (χ0) is 29.6. The van der Waals surface area contributed by atoms with Gasteiger partial charge in [0.05, 0.1) is 23.1 Å². The minimum atomic E-state index is -0.781. The fourth-order valence-corrected chi connectivity index (χ4v) is 7.72. The SMILES string of the molecule is CNC(=O)[C@@]1(C)CCCC[C@H]1C(=O)N1CCc2c(Cl)ccc(OCc3nnn(C)c3C3CC3)c2C1CN1CCCC1=O. The molecule has 2 aliphatic heterocycles. The minimum Gasteiger partial charge on any atom is -0.487 e. The van der Waals surface area contributed by atoms with Crippen molar-refractivity contribution in [2.75, 3.05) is 26.7 Å². The fourth-order valence-electron chi connectivity index (χ4n) is 7.47. The van der Waals surface area contributed by atoms with E-state index in [1.807, 2.05) is 40.6 Å². The highest BCUT2D eigenvalue weighted by Gasteiger charge is 2.49. The van der Waals surface area contributed by atoms with Crippen molar-refractivity contribution in [2.45, 2.75) is 83.3 Å². The number of hydrogen-bond acceptors (Lipinski definition) is 6. The van der Waals surface area contributed by atoms with Gasteiger partial charge in [-0.2, -0.15) is 0 Å². The largest absolute Gasteiger partial charge is 0.487 e. The van der Waals surface area contributed by atoms with Gasteiger partial charge in [-0.1, -0.05) is 29.7 Å². The van der Waals surface area contributed by atoms with Crippen LogP contribution in [0.4, 0.5) is 0 Å². The topological polar surface area (TPSA) is 110 Å². The third-order valence-corrected chi connectivity index (χ3v) is 10.3. The molecular formula is C31H41ClN6O4. The Kier molecular flexibility index (Phi) is 7.93. The molecule has 2 aromatic rings. The molecule has 0 bridgehead atoms. The molecule has 3 atom stereocenters. The van der Waals surface area contributed by atoms with E-state index in [-0.39, 0.29) is 24.3 Å². The van der Waals surface area contributed by atoms with E-state index in [9.17, 15) is 14.4 Å². The Labute approximate surface area is 252 Å².